The molecule has 18 heavy (non-hydrogen) atoms. The van der Waals surface area contributed by atoms with Gasteiger partial charge in [0.15, 0.2) is 0 Å². The first kappa shape index (κ1) is 12.1. The van der Waals surface area contributed by atoms with Crippen molar-refractivity contribution < 1.29 is 4.74 Å². The number of rotatable bonds is 2. The minimum atomic E-state index is 0.381. The van der Waals surface area contributed by atoms with Crippen molar-refractivity contribution in [2.24, 2.45) is 0 Å². The van der Waals surface area contributed by atoms with Crippen molar-refractivity contribution in [3.63, 3.8) is 0 Å². The van der Waals surface area contributed by atoms with Crippen LogP contribution in [0.3, 0.4) is 0 Å². The summed E-state index contributed by atoms with van der Waals surface area (Å²) < 4.78 is 5.22. The summed E-state index contributed by atoms with van der Waals surface area (Å²) in [6, 6.07) is 9.54. The van der Waals surface area contributed by atoms with Gasteiger partial charge in [0.25, 0.3) is 0 Å². The molecule has 0 bridgehead atoms. The molecule has 0 unspecified atom stereocenters. The van der Waals surface area contributed by atoms with Crippen LogP contribution in [-0.2, 0) is 0 Å². The summed E-state index contributed by atoms with van der Waals surface area (Å²) >= 11 is 0. The fraction of sp³-hybridized carbons (Fsp3) is 0.214. The molecule has 1 aromatic carbocycles. The van der Waals surface area contributed by atoms with Crippen LogP contribution in [0.25, 0.3) is 11.3 Å². The number of ether oxygens (including phenoxy) is 1. The Labute approximate surface area is 106 Å². The number of nitrogens with zero attached hydrogens (tertiary/aromatic N) is 3. The van der Waals surface area contributed by atoms with Gasteiger partial charge in [-0.3, -0.25) is 0 Å². The summed E-state index contributed by atoms with van der Waals surface area (Å²) in [4.78, 5) is 8.38. The minimum absolute atomic E-state index is 0.381. The van der Waals surface area contributed by atoms with E-state index < -0.39 is 0 Å². The van der Waals surface area contributed by atoms with Gasteiger partial charge in [0.05, 0.1) is 12.8 Å². The van der Waals surface area contributed by atoms with Crippen LogP contribution in [-0.4, -0.2) is 17.1 Å². The summed E-state index contributed by atoms with van der Waals surface area (Å²) in [6.07, 6.45) is 0. The highest BCUT2D eigenvalue weighted by molar-refractivity contribution is 5.62. The Morgan fingerprint density at radius 2 is 1.94 bits per heavy atom. The van der Waals surface area contributed by atoms with E-state index in [1.165, 1.54) is 0 Å². The molecule has 4 nitrogen and oxygen atoms in total. The molecule has 4 heteroatoms. The van der Waals surface area contributed by atoms with Crippen molar-refractivity contribution in [2.45, 2.75) is 13.8 Å². The maximum absolute atomic E-state index is 8.91. The molecule has 0 aliphatic carbocycles. The topological polar surface area (TPSA) is 58.8 Å². The van der Waals surface area contributed by atoms with E-state index in [0.717, 1.165) is 22.6 Å². The number of hydrogen-bond acceptors (Lipinski definition) is 4. The summed E-state index contributed by atoms with van der Waals surface area (Å²) in [5, 5.41) is 8.91. The molecule has 0 radical (unpaired) electrons. The van der Waals surface area contributed by atoms with Crippen molar-refractivity contribution in [2.75, 3.05) is 7.11 Å². The monoisotopic (exact) mass is 239 g/mol. The lowest BCUT2D eigenvalue weighted by atomic mass is 10.1. The molecule has 0 amide bonds. The highest BCUT2D eigenvalue weighted by Gasteiger charge is 2.06. The van der Waals surface area contributed by atoms with Crippen LogP contribution in [0.15, 0.2) is 24.3 Å². The molecule has 0 atom stereocenters. The minimum Gasteiger partial charge on any atom is -0.496 e. The highest BCUT2D eigenvalue weighted by atomic mass is 16.5. The summed E-state index contributed by atoms with van der Waals surface area (Å²) in [7, 11) is 1.64. The number of methoxy groups -OCH3 is 1. The first-order chi connectivity index (χ1) is 8.63. The van der Waals surface area contributed by atoms with E-state index in [1.807, 2.05) is 31.2 Å². The van der Waals surface area contributed by atoms with Gasteiger partial charge in [0.1, 0.15) is 23.3 Å². The van der Waals surface area contributed by atoms with Gasteiger partial charge in [0.2, 0.25) is 0 Å². The van der Waals surface area contributed by atoms with Crippen LogP contribution in [0, 0.1) is 25.2 Å². The van der Waals surface area contributed by atoms with Gasteiger partial charge in [-0.2, -0.15) is 5.26 Å². The molecule has 0 fully saturated rings. The van der Waals surface area contributed by atoms with E-state index in [9.17, 15) is 0 Å². The Hall–Kier alpha value is -2.41. The molecule has 2 aromatic rings. The fourth-order valence-electron chi connectivity index (χ4n) is 1.81. The molecule has 1 heterocycles. The zero-order chi connectivity index (χ0) is 13.1. The molecule has 1 aromatic heterocycles. The maximum atomic E-state index is 8.91. The summed E-state index contributed by atoms with van der Waals surface area (Å²) in [5.74, 6) is 1.43. The average Bonchev–Trinajstić information content (AvgIpc) is 2.37. The molecule has 0 spiro atoms. The van der Waals surface area contributed by atoms with Crippen LogP contribution in [0.1, 0.15) is 17.1 Å². The summed E-state index contributed by atoms with van der Waals surface area (Å²) in [6.45, 7) is 3.75. The lowest BCUT2D eigenvalue weighted by Crippen LogP contribution is -1.95. The Kier molecular flexibility index (Phi) is 3.24. The van der Waals surface area contributed by atoms with Crippen LogP contribution >= 0.6 is 0 Å². The van der Waals surface area contributed by atoms with Crippen LogP contribution in [0.4, 0.5) is 0 Å². The van der Waals surface area contributed by atoms with E-state index in [-0.39, 0.29) is 0 Å². The van der Waals surface area contributed by atoms with Crippen molar-refractivity contribution in [1.29, 1.82) is 5.26 Å². The van der Waals surface area contributed by atoms with Crippen LogP contribution < -0.4 is 4.74 Å². The number of hydrogen-bond donors (Lipinski definition) is 0. The Morgan fingerprint density at radius 3 is 2.56 bits per heavy atom. The smallest absolute Gasteiger partial charge is 0.144 e. The molecule has 90 valence electrons. The van der Waals surface area contributed by atoms with Gasteiger partial charge in [-0.15, -0.1) is 0 Å². The second-order valence-electron chi connectivity index (χ2n) is 3.98. The highest BCUT2D eigenvalue weighted by Crippen LogP contribution is 2.25. The van der Waals surface area contributed by atoms with Gasteiger partial charge in [-0.05, 0) is 37.6 Å². The molecule has 0 aliphatic heterocycles. The van der Waals surface area contributed by atoms with Gasteiger partial charge in [-0.25, -0.2) is 9.97 Å². The van der Waals surface area contributed by atoms with Crippen LogP contribution in [0.5, 0.6) is 5.75 Å². The van der Waals surface area contributed by atoms with Crippen molar-refractivity contribution in [3.05, 3.63) is 41.3 Å². The third-order valence-electron chi connectivity index (χ3n) is 2.64. The SMILES string of the molecule is COc1ccc(-c2cc(C#N)nc(C)n2)cc1C. The van der Waals surface area contributed by atoms with Gasteiger partial charge >= 0.3 is 0 Å². The predicted molar refractivity (Wildman–Crippen MR) is 68.2 cm³/mol. The Morgan fingerprint density at radius 1 is 1.17 bits per heavy atom. The lowest BCUT2D eigenvalue weighted by molar-refractivity contribution is 0.412. The number of nitriles is 1. The third-order valence-corrected chi connectivity index (χ3v) is 2.64. The van der Waals surface area contributed by atoms with E-state index in [2.05, 4.69) is 9.97 Å². The average molecular weight is 239 g/mol. The van der Waals surface area contributed by atoms with Crippen LogP contribution in [0.2, 0.25) is 0 Å². The normalized spacial score (nSPS) is 9.89. The van der Waals surface area contributed by atoms with E-state index >= 15 is 0 Å². The van der Waals surface area contributed by atoms with Crippen molar-refractivity contribution >= 4 is 0 Å². The van der Waals surface area contributed by atoms with Gasteiger partial charge < -0.3 is 4.74 Å². The van der Waals surface area contributed by atoms with Crippen molar-refractivity contribution in [3.8, 4) is 23.1 Å². The first-order valence-corrected chi connectivity index (χ1v) is 5.55. The second-order valence-corrected chi connectivity index (χ2v) is 3.98. The number of benzene rings is 1. The molecule has 2 rings (SSSR count). The Bertz CT molecular complexity index is 629. The standard InChI is InChI=1S/C14H13N3O/c1-9-6-11(4-5-14(9)18-3)13-7-12(8-15)16-10(2)17-13/h4-7H,1-3H3. The number of aromatic nitrogens is 2. The van der Waals surface area contributed by atoms with Gasteiger partial charge in [0, 0.05) is 11.6 Å². The summed E-state index contributed by atoms with van der Waals surface area (Å²) in [5.41, 5.74) is 3.12. The number of aryl methyl sites for hydroxylation is 2. The molecule has 0 N–H and O–H groups in total. The quantitative estimate of drug-likeness (QED) is 0.808. The zero-order valence-electron chi connectivity index (χ0n) is 10.6. The Balaban J connectivity index is 2.52. The van der Waals surface area contributed by atoms with E-state index in [1.54, 1.807) is 20.1 Å². The van der Waals surface area contributed by atoms with Gasteiger partial charge in [-0.1, -0.05) is 0 Å². The first-order valence-electron chi connectivity index (χ1n) is 5.55. The molecule has 0 saturated carbocycles. The van der Waals surface area contributed by atoms with Crippen molar-refractivity contribution in [1.82, 2.24) is 9.97 Å². The zero-order valence-corrected chi connectivity index (χ0v) is 10.6. The molecule has 0 saturated heterocycles. The molecular formula is C14H13N3O. The third kappa shape index (κ3) is 2.30. The predicted octanol–water partition coefficient (Wildman–Crippen LogP) is 2.64. The fourth-order valence-corrected chi connectivity index (χ4v) is 1.81. The molecule has 0 aliphatic rings. The van der Waals surface area contributed by atoms with E-state index in [0.29, 0.717) is 11.5 Å². The maximum Gasteiger partial charge on any atom is 0.144 e. The van der Waals surface area contributed by atoms with E-state index in [4.69, 9.17) is 10.00 Å². The lowest BCUT2D eigenvalue weighted by Gasteiger charge is -2.07. The largest absolute Gasteiger partial charge is 0.496 e. The second kappa shape index (κ2) is 4.84. The molecular weight excluding hydrogens is 226 g/mol.